The van der Waals surface area contributed by atoms with Crippen LogP contribution in [0, 0.1) is 0 Å². The van der Waals surface area contributed by atoms with Crippen LogP contribution in [-0.2, 0) is 10.0 Å². The smallest absolute Gasteiger partial charge is 0.273 e. The molecule has 1 aliphatic carbocycles. The molecule has 2 aromatic rings. The third kappa shape index (κ3) is 4.56. The van der Waals surface area contributed by atoms with Gasteiger partial charge in [-0.15, -0.1) is 0 Å². The van der Waals surface area contributed by atoms with Crippen LogP contribution in [0.25, 0.3) is 0 Å². The summed E-state index contributed by atoms with van der Waals surface area (Å²) in [5.41, 5.74) is 1.05. The number of benzene rings is 1. The van der Waals surface area contributed by atoms with Crippen LogP contribution >= 0.6 is 11.3 Å². The van der Waals surface area contributed by atoms with Crippen LogP contribution in [0.5, 0.6) is 5.19 Å². The first-order chi connectivity index (χ1) is 14.6. The molecule has 3 heterocycles. The van der Waals surface area contributed by atoms with E-state index in [9.17, 15) is 8.42 Å². The van der Waals surface area contributed by atoms with Crippen LogP contribution in [0.4, 0.5) is 0 Å². The van der Waals surface area contributed by atoms with Gasteiger partial charge in [-0.05, 0) is 50.5 Å². The molecule has 1 N–H and O–H groups in total. The van der Waals surface area contributed by atoms with E-state index in [4.69, 9.17) is 4.74 Å². The number of fused-ring (bicyclic) bond motifs is 2. The Hall–Kier alpha value is -1.48. The van der Waals surface area contributed by atoms with Crippen LogP contribution in [-0.4, -0.2) is 48.3 Å². The molecule has 0 spiro atoms. The second-order valence-electron chi connectivity index (χ2n) is 8.75. The molecule has 0 radical (unpaired) electrons. The van der Waals surface area contributed by atoms with Gasteiger partial charge in [0, 0.05) is 36.2 Å². The molecule has 3 aliphatic rings. The summed E-state index contributed by atoms with van der Waals surface area (Å²) in [5, 5.41) is 2.52. The van der Waals surface area contributed by atoms with Gasteiger partial charge in [-0.3, -0.25) is 4.90 Å². The molecule has 1 saturated carbocycles. The van der Waals surface area contributed by atoms with Crippen molar-refractivity contribution in [3.05, 3.63) is 47.5 Å². The van der Waals surface area contributed by atoms with E-state index in [1.54, 1.807) is 17.5 Å². The number of nitrogens with one attached hydrogen (secondary N) is 1. The number of sulfonamides is 1. The van der Waals surface area contributed by atoms with Gasteiger partial charge in [-0.2, -0.15) is 0 Å². The number of aromatic nitrogens is 1. The molecule has 1 aromatic carbocycles. The van der Waals surface area contributed by atoms with Crippen LogP contribution in [0.1, 0.15) is 56.6 Å². The predicted octanol–water partition coefficient (Wildman–Crippen LogP) is 3.73. The molecule has 3 atom stereocenters. The number of ether oxygens (including phenoxy) is 1. The Balaban J connectivity index is 1.23. The normalized spacial score (nSPS) is 27.8. The molecule has 8 heteroatoms. The van der Waals surface area contributed by atoms with E-state index >= 15 is 0 Å². The van der Waals surface area contributed by atoms with Crippen LogP contribution in [0.15, 0.2) is 41.9 Å². The number of nitrogens with zero attached hydrogens (tertiary/aromatic N) is 2. The third-order valence-corrected chi connectivity index (χ3v) is 9.29. The maximum absolute atomic E-state index is 12.6. The first-order valence-corrected chi connectivity index (χ1v) is 13.4. The third-order valence-electron chi connectivity index (χ3n) is 6.67. The van der Waals surface area contributed by atoms with E-state index in [-0.39, 0.29) is 17.4 Å². The monoisotopic (exact) mass is 447 g/mol. The second kappa shape index (κ2) is 8.57. The van der Waals surface area contributed by atoms with Crippen LogP contribution in [0.3, 0.4) is 0 Å². The molecule has 2 aliphatic heterocycles. The molecule has 2 saturated heterocycles. The van der Waals surface area contributed by atoms with Crippen molar-refractivity contribution in [2.24, 2.45) is 0 Å². The summed E-state index contributed by atoms with van der Waals surface area (Å²) in [7, 11) is -3.23. The van der Waals surface area contributed by atoms with Gasteiger partial charge < -0.3 is 4.74 Å². The lowest BCUT2D eigenvalue weighted by Gasteiger charge is -2.39. The lowest BCUT2D eigenvalue weighted by molar-refractivity contribution is 0.0473. The Bertz CT molecular complexity index is 918. The minimum absolute atomic E-state index is 0.166. The van der Waals surface area contributed by atoms with Gasteiger partial charge in [0.2, 0.25) is 10.0 Å². The predicted molar refractivity (Wildman–Crippen MR) is 118 cm³/mol. The first-order valence-electron chi connectivity index (χ1n) is 11.0. The maximum atomic E-state index is 12.6. The number of thiazole rings is 1. The largest absolute Gasteiger partial charge is 0.467 e. The van der Waals surface area contributed by atoms with Gasteiger partial charge >= 0.3 is 0 Å². The number of hydrogen-bond donors (Lipinski definition) is 1. The Morgan fingerprint density at radius 2 is 1.87 bits per heavy atom. The van der Waals surface area contributed by atoms with E-state index in [1.807, 2.05) is 35.7 Å². The summed E-state index contributed by atoms with van der Waals surface area (Å²) in [4.78, 5) is 6.86. The molecular formula is C22H29N3O3S2. The van der Waals surface area contributed by atoms with Crippen molar-refractivity contribution in [3.63, 3.8) is 0 Å². The Morgan fingerprint density at radius 1 is 1.13 bits per heavy atom. The molecule has 162 valence electrons. The molecular weight excluding hydrogens is 418 g/mol. The van der Waals surface area contributed by atoms with Gasteiger partial charge in [0.25, 0.3) is 5.19 Å². The van der Waals surface area contributed by atoms with Crippen LogP contribution < -0.4 is 9.46 Å². The summed E-state index contributed by atoms with van der Waals surface area (Å²) in [6, 6.07) is 10.9. The molecule has 30 heavy (non-hydrogen) atoms. The highest BCUT2D eigenvalue weighted by molar-refractivity contribution is 7.90. The fourth-order valence-electron chi connectivity index (χ4n) is 5.03. The lowest BCUT2D eigenvalue weighted by atomic mass is 9.98. The highest BCUT2D eigenvalue weighted by Crippen LogP contribution is 2.38. The summed E-state index contributed by atoms with van der Waals surface area (Å²) in [5.74, 6) is 0. The van der Waals surface area contributed by atoms with Gasteiger partial charge in [0.15, 0.2) is 0 Å². The Labute approximate surface area is 182 Å². The van der Waals surface area contributed by atoms with Crippen molar-refractivity contribution in [1.82, 2.24) is 14.6 Å². The van der Waals surface area contributed by atoms with Gasteiger partial charge in [-0.25, -0.2) is 18.1 Å². The van der Waals surface area contributed by atoms with Crippen LogP contribution in [0.2, 0.25) is 0 Å². The van der Waals surface area contributed by atoms with Gasteiger partial charge in [0.05, 0.1) is 5.25 Å². The van der Waals surface area contributed by atoms with Crippen molar-refractivity contribution in [2.75, 3.05) is 6.54 Å². The topological polar surface area (TPSA) is 71.5 Å². The van der Waals surface area contributed by atoms with Crippen molar-refractivity contribution >= 4 is 21.4 Å². The molecule has 1 aromatic heterocycles. The number of piperidine rings is 1. The zero-order chi connectivity index (χ0) is 20.6. The van der Waals surface area contributed by atoms with E-state index in [2.05, 4.69) is 14.6 Å². The lowest BCUT2D eigenvalue weighted by Crippen LogP contribution is -2.47. The summed E-state index contributed by atoms with van der Waals surface area (Å²) >= 11 is 1.55. The quantitative estimate of drug-likeness (QED) is 0.634. The zero-order valence-electron chi connectivity index (χ0n) is 17.0. The number of hydrogen-bond acceptors (Lipinski definition) is 6. The fraction of sp³-hybridized carbons (Fsp3) is 0.591. The van der Waals surface area contributed by atoms with Gasteiger partial charge in [0.1, 0.15) is 6.10 Å². The van der Waals surface area contributed by atoms with Gasteiger partial charge in [-0.1, -0.05) is 41.7 Å². The van der Waals surface area contributed by atoms with E-state index < -0.39 is 10.0 Å². The number of rotatable bonds is 9. The zero-order valence-corrected chi connectivity index (χ0v) is 18.7. The Morgan fingerprint density at radius 3 is 2.50 bits per heavy atom. The summed E-state index contributed by atoms with van der Waals surface area (Å²) in [6.07, 6.45) is 8.85. The maximum Gasteiger partial charge on any atom is 0.273 e. The Kier molecular flexibility index (Phi) is 5.84. The van der Waals surface area contributed by atoms with Crippen molar-refractivity contribution in [1.29, 1.82) is 0 Å². The minimum Gasteiger partial charge on any atom is -0.467 e. The minimum atomic E-state index is -3.23. The fourth-order valence-corrected chi connectivity index (χ4v) is 7.18. The van der Waals surface area contributed by atoms with Crippen molar-refractivity contribution in [2.45, 2.75) is 74.4 Å². The van der Waals surface area contributed by atoms with Crippen molar-refractivity contribution < 1.29 is 13.2 Å². The highest BCUT2D eigenvalue weighted by atomic mass is 32.2. The summed E-state index contributed by atoms with van der Waals surface area (Å²) in [6.45, 7) is 0.909. The van der Waals surface area contributed by atoms with E-state index in [1.165, 1.54) is 12.8 Å². The average molecular weight is 448 g/mol. The van der Waals surface area contributed by atoms with Crippen molar-refractivity contribution in [3.8, 4) is 5.19 Å². The molecule has 5 rings (SSSR count). The molecule has 3 fully saturated rings. The van der Waals surface area contributed by atoms with E-state index in [0.29, 0.717) is 12.1 Å². The second-order valence-corrected chi connectivity index (χ2v) is 11.6. The molecule has 0 amide bonds. The standard InChI is InChI=1S/C22H29N3O3S2/c26-30(27,20-8-9-20)24-21(16-4-2-1-3-5-16)10-12-25-17-6-7-18(25)15-19(14-17)28-22-23-11-13-29-22/h1-5,11,13,17-21,24H,6-10,12,14-15H2. The highest BCUT2D eigenvalue weighted by Gasteiger charge is 2.42. The van der Waals surface area contributed by atoms with E-state index in [0.717, 1.165) is 49.4 Å². The SMILES string of the molecule is O=S(=O)(NC(CCN1C2CCC1CC(Oc1nccs1)C2)c1ccccc1)C1CC1. The molecule has 2 bridgehead atoms. The first kappa shape index (κ1) is 20.4. The molecule has 6 nitrogen and oxygen atoms in total. The summed E-state index contributed by atoms with van der Waals surface area (Å²) < 4.78 is 34.4. The average Bonchev–Trinajstić information content (AvgIpc) is 3.44. The molecule has 3 unspecified atom stereocenters.